The van der Waals surface area contributed by atoms with Gasteiger partial charge in [-0.25, -0.2) is 9.59 Å². The van der Waals surface area contributed by atoms with E-state index in [2.05, 4.69) is 0 Å². The van der Waals surface area contributed by atoms with Gasteiger partial charge in [-0.1, -0.05) is 152 Å². The van der Waals surface area contributed by atoms with E-state index < -0.39 is 41.6 Å². The molecule has 0 spiro atoms. The van der Waals surface area contributed by atoms with Gasteiger partial charge in [-0.15, -0.1) is 0 Å². The summed E-state index contributed by atoms with van der Waals surface area (Å²) in [5.41, 5.74) is 1.82. The highest BCUT2D eigenvalue weighted by Crippen LogP contribution is 2.38. The van der Waals surface area contributed by atoms with Crippen LogP contribution in [0.15, 0.2) is 152 Å². The van der Waals surface area contributed by atoms with E-state index in [1.165, 1.54) is 14.7 Å². The van der Waals surface area contributed by atoms with Gasteiger partial charge in [0, 0.05) is 20.1 Å². The Morgan fingerprint density at radius 2 is 1.00 bits per heavy atom. The third kappa shape index (κ3) is 6.82. The number of aliphatic carboxylic acids is 1. The van der Waals surface area contributed by atoms with Gasteiger partial charge in [0.15, 0.2) is 6.04 Å². The van der Waals surface area contributed by atoms with Gasteiger partial charge in [0.2, 0.25) is 5.91 Å². The molecule has 1 aliphatic rings. The summed E-state index contributed by atoms with van der Waals surface area (Å²) in [6.45, 7) is 0.0464. The van der Waals surface area contributed by atoms with Crippen molar-refractivity contribution in [1.29, 1.82) is 0 Å². The molecular weight excluding hydrogens is 614 g/mol. The fourth-order valence-corrected chi connectivity index (χ4v) is 6.87. The number of carboxylic acids is 1. The Morgan fingerprint density at radius 1 is 0.633 bits per heavy atom. The molecular formula is C41H39N3O5. The molecule has 2 N–H and O–H groups in total. The Bertz CT molecular complexity index is 1820. The molecule has 5 aromatic rings. The monoisotopic (exact) mass is 653 g/mol. The second-order valence-corrected chi connectivity index (χ2v) is 12.4. The van der Waals surface area contributed by atoms with E-state index in [-0.39, 0.29) is 19.5 Å². The number of hydrogen-bond acceptors (Lipinski definition) is 4. The number of urea groups is 1. The summed E-state index contributed by atoms with van der Waals surface area (Å²) in [6, 6.07) is 42.0. The second-order valence-electron chi connectivity index (χ2n) is 12.4. The quantitative estimate of drug-likeness (QED) is 0.173. The summed E-state index contributed by atoms with van der Waals surface area (Å²) >= 11 is 0. The van der Waals surface area contributed by atoms with Crippen LogP contribution in [0.3, 0.4) is 0 Å². The molecule has 0 radical (unpaired) electrons. The molecule has 0 aromatic heterocycles. The second kappa shape index (κ2) is 14.6. The Morgan fingerprint density at radius 3 is 1.41 bits per heavy atom. The van der Waals surface area contributed by atoms with Crippen molar-refractivity contribution in [1.82, 2.24) is 14.7 Å². The van der Waals surface area contributed by atoms with E-state index in [0.29, 0.717) is 11.1 Å². The molecule has 1 fully saturated rings. The summed E-state index contributed by atoms with van der Waals surface area (Å²) in [5.74, 6) is -1.87. The van der Waals surface area contributed by atoms with Crippen LogP contribution in [-0.4, -0.2) is 68.0 Å². The summed E-state index contributed by atoms with van der Waals surface area (Å²) in [5, 5.41) is 23.7. The Balaban J connectivity index is 1.47. The van der Waals surface area contributed by atoms with Gasteiger partial charge < -0.3 is 24.9 Å². The maximum absolute atomic E-state index is 15.1. The molecule has 6 rings (SSSR count). The zero-order valence-corrected chi connectivity index (χ0v) is 27.2. The lowest BCUT2D eigenvalue weighted by molar-refractivity contribution is -0.150. The predicted octanol–water partition coefficient (Wildman–Crippen LogP) is 5.95. The molecule has 5 aromatic carbocycles. The lowest BCUT2D eigenvalue weighted by Crippen LogP contribution is -2.59. The molecule has 1 heterocycles. The minimum absolute atomic E-state index is 0.0147. The number of aliphatic hydroxyl groups is 1. The van der Waals surface area contributed by atoms with Gasteiger partial charge >= 0.3 is 12.0 Å². The Labute approximate surface area is 286 Å². The number of carbonyl (C=O) groups excluding carboxylic acids is 2. The van der Waals surface area contributed by atoms with Crippen LogP contribution in [0.4, 0.5) is 4.79 Å². The van der Waals surface area contributed by atoms with Gasteiger partial charge in [-0.05, 0) is 34.2 Å². The van der Waals surface area contributed by atoms with Crippen LogP contribution in [0.2, 0.25) is 0 Å². The standard InChI is InChI=1S/C41H39N3O5/c1-42(35(27-30-17-7-2-8-18-30)41(49,33-23-13-5-14-24-33)34-25-15-6-16-26-34)38(45)36-37(39(46)47)44(29-32-21-11-4-12-22-32)40(48)43(36)28-31-19-9-3-10-20-31/h2-26,35-37,49H,27-29H2,1H3,(H,46,47)/t35?,36-,37+/m1/s1. The molecule has 49 heavy (non-hydrogen) atoms. The van der Waals surface area contributed by atoms with Crippen LogP contribution in [0.25, 0.3) is 0 Å². The zero-order valence-electron chi connectivity index (χ0n) is 27.2. The number of rotatable bonds is 12. The largest absolute Gasteiger partial charge is 0.480 e. The number of carboxylic acid groups (broad SMARTS) is 1. The minimum atomic E-state index is -1.71. The topological polar surface area (TPSA) is 101 Å². The molecule has 3 amide bonds. The molecule has 8 nitrogen and oxygen atoms in total. The number of likely N-dealkylation sites (N-methyl/N-ethyl adjacent to an activating group) is 1. The van der Waals surface area contributed by atoms with Crippen molar-refractivity contribution < 1.29 is 24.6 Å². The van der Waals surface area contributed by atoms with Crippen LogP contribution in [0.1, 0.15) is 27.8 Å². The van der Waals surface area contributed by atoms with Gasteiger partial charge in [0.1, 0.15) is 11.6 Å². The predicted molar refractivity (Wildman–Crippen MR) is 187 cm³/mol. The fourth-order valence-electron chi connectivity index (χ4n) is 6.87. The highest BCUT2D eigenvalue weighted by molar-refractivity contribution is 5.98. The van der Waals surface area contributed by atoms with Gasteiger partial charge in [0.25, 0.3) is 0 Å². The average Bonchev–Trinajstić information content (AvgIpc) is 3.41. The van der Waals surface area contributed by atoms with Gasteiger partial charge in [0.05, 0.1) is 6.04 Å². The van der Waals surface area contributed by atoms with Crippen molar-refractivity contribution in [2.75, 3.05) is 7.05 Å². The van der Waals surface area contributed by atoms with Crippen molar-refractivity contribution in [3.63, 3.8) is 0 Å². The van der Waals surface area contributed by atoms with E-state index in [9.17, 15) is 19.8 Å². The number of hydrogen-bond donors (Lipinski definition) is 2. The summed E-state index contributed by atoms with van der Waals surface area (Å²) in [6.07, 6.45) is 0.244. The highest BCUT2D eigenvalue weighted by Gasteiger charge is 2.55. The number of benzene rings is 5. The van der Waals surface area contributed by atoms with Gasteiger partial charge in [-0.2, -0.15) is 0 Å². The molecule has 8 heteroatoms. The molecule has 1 aliphatic heterocycles. The summed E-state index contributed by atoms with van der Waals surface area (Å²) in [4.78, 5) is 46.5. The van der Waals surface area contributed by atoms with Crippen molar-refractivity contribution in [2.24, 2.45) is 0 Å². The third-order valence-electron chi connectivity index (χ3n) is 9.36. The Hall–Kier alpha value is -5.73. The molecule has 0 saturated carbocycles. The first-order valence-electron chi connectivity index (χ1n) is 16.3. The Kier molecular flexibility index (Phi) is 9.87. The first-order chi connectivity index (χ1) is 23.8. The number of nitrogens with zero attached hydrogens (tertiary/aromatic N) is 3. The number of carbonyl (C=O) groups is 3. The van der Waals surface area contributed by atoms with Crippen LogP contribution in [-0.2, 0) is 34.7 Å². The van der Waals surface area contributed by atoms with E-state index in [4.69, 9.17) is 0 Å². The lowest BCUT2D eigenvalue weighted by Gasteiger charge is -2.44. The first-order valence-corrected chi connectivity index (χ1v) is 16.3. The molecule has 1 saturated heterocycles. The van der Waals surface area contributed by atoms with Gasteiger partial charge in [-0.3, -0.25) is 4.79 Å². The molecule has 3 atom stereocenters. The van der Waals surface area contributed by atoms with Crippen molar-refractivity contribution in [3.05, 3.63) is 179 Å². The zero-order chi connectivity index (χ0) is 34.4. The smallest absolute Gasteiger partial charge is 0.329 e. The average molecular weight is 654 g/mol. The van der Waals surface area contributed by atoms with Crippen LogP contribution >= 0.6 is 0 Å². The third-order valence-corrected chi connectivity index (χ3v) is 9.36. The van der Waals surface area contributed by atoms with Crippen LogP contribution in [0, 0.1) is 0 Å². The SMILES string of the molecule is CN(C(=O)[C@H]1[C@@H](C(=O)O)N(Cc2ccccc2)C(=O)N1Cc1ccccc1)C(Cc1ccccc1)C(O)(c1ccccc1)c1ccccc1. The van der Waals surface area contributed by atoms with E-state index >= 15 is 4.79 Å². The maximum Gasteiger partial charge on any atom is 0.329 e. The molecule has 0 bridgehead atoms. The van der Waals surface area contributed by atoms with E-state index in [1.807, 2.05) is 152 Å². The maximum atomic E-state index is 15.1. The molecule has 1 unspecified atom stereocenters. The van der Waals surface area contributed by atoms with Crippen LogP contribution < -0.4 is 0 Å². The van der Waals surface area contributed by atoms with Crippen molar-refractivity contribution in [3.8, 4) is 0 Å². The minimum Gasteiger partial charge on any atom is -0.480 e. The van der Waals surface area contributed by atoms with Crippen LogP contribution in [0.5, 0.6) is 0 Å². The van der Waals surface area contributed by atoms with Crippen molar-refractivity contribution >= 4 is 17.9 Å². The summed E-state index contributed by atoms with van der Waals surface area (Å²) in [7, 11) is 1.59. The fraction of sp³-hybridized carbons (Fsp3) is 0.195. The highest BCUT2D eigenvalue weighted by atomic mass is 16.4. The normalized spacial score (nSPS) is 16.7. The van der Waals surface area contributed by atoms with E-state index in [1.54, 1.807) is 7.05 Å². The number of amides is 3. The summed E-state index contributed by atoms with van der Waals surface area (Å²) < 4.78 is 0. The first kappa shape index (κ1) is 33.2. The molecule has 248 valence electrons. The lowest BCUT2D eigenvalue weighted by atomic mass is 9.77. The van der Waals surface area contributed by atoms with Crippen molar-refractivity contribution in [2.45, 2.75) is 43.2 Å². The molecule has 0 aliphatic carbocycles. The van der Waals surface area contributed by atoms with E-state index in [0.717, 1.165) is 16.7 Å².